The number of hydrogen-bond donors (Lipinski definition) is 2. The summed E-state index contributed by atoms with van der Waals surface area (Å²) in [6.07, 6.45) is 3.30. The Balaban J connectivity index is 1.28. The summed E-state index contributed by atoms with van der Waals surface area (Å²) in [7, 11) is 0. The van der Waals surface area contributed by atoms with Crippen LogP contribution in [0.2, 0.25) is 0 Å². The fourth-order valence-corrected chi connectivity index (χ4v) is 3.76. The Morgan fingerprint density at radius 2 is 2.00 bits per heavy atom. The van der Waals surface area contributed by atoms with E-state index in [2.05, 4.69) is 25.1 Å². The first-order valence-electron chi connectivity index (χ1n) is 9.32. The van der Waals surface area contributed by atoms with E-state index in [1.165, 1.54) is 6.26 Å². The topological polar surface area (TPSA) is 100.0 Å². The number of anilines is 2. The predicted octanol–water partition coefficient (Wildman–Crippen LogP) is 2.63. The number of aromatic nitrogens is 1. The zero-order valence-corrected chi connectivity index (χ0v) is 16.6. The lowest BCUT2D eigenvalue weighted by atomic mass is 10.2. The van der Waals surface area contributed by atoms with Gasteiger partial charge in [-0.25, -0.2) is 9.98 Å². The number of guanidine groups is 1. The van der Waals surface area contributed by atoms with Crippen molar-refractivity contribution in [3.05, 3.63) is 65.6 Å². The molecule has 0 bridgehead atoms. The summed E-state index contributed by atoms with van der Waals surface area (Å²) >= 11 is 1.65. The van der Waals surface area contributed by atoms with Crippen LogP contribution in [0, 0.1) is 0 Å². The van der Waals surface area contributed by atoms with Gasteiger partial charge in [0.1, 0.15) is 0 Å². The minimum Gasteiger partial charge on any atom is -0.459 e. The van der Waals surface area contributed by atoms with Gasteiger partial charge >= 0.3 is 0 Å². The van der Waals surface area contributed by atoms with E-state index in [0.29, 0.717) is 18.2 Å². The Morgan fingerprint density at radius 1 is 1.21 bits per heavy atom. The summed E-state index contributed by atoms with van der Waals surface area (Å²) in [5.41, 5.74) is 7.91. The van der Waals surface area contributed by atoms with Crippen molar-refractivity contribution in [3.8, 4) is 0 Å². The van der Waals surface area contributed by atoms with E-state index in [1.807, 2.05) is 35.8 Å². The molecular weight excluding hydrogens is 388 g/mol. The lowest BCUT2D eigenvalue weighted by molar-refractivity contribution is 0.0996. The Labute approximate surface area is 172 Å². The molecule has 1 aromatic carbocycles. The van der Waals surface area contributed by atoms with Crippen molar-refractivity contribution in [1.29, 1.82) is 0 Å². The molecule has 0 unspecified atom stereocenters. The van der Waals surface area contributed by atoms with Gasteiger partial charge in [0.25, 0.3) is 5.91 Å². The summed E-state index contributed by atoms with van der Waals surface area (Å²) in [5, 5.41) is 5.84. The monoisotopic (exact) mass is 410 g/mol. The van der Waals surface area contributed by atoms with Gasteiger partial charge in [-0.1, -0.05) is 12.1 Å². The second-order valence-corrected chi connectivity index (χ2v) is 7.46. The van der Waals surface area contributed by atoms with Gasteiger partial charge in [-0.05, 0) is 29.8 Å². The number of furan rings is 1. The number of benzene rings is 1. The van der Waals surface area contributed by atoms with E-state index in [-0.39, 0.29) is 11.7 Å². The summed E-state index contributed by atoms with van der Waals surface area (Å²) in [6.45, 7) is 3.91. The number of rotatable bonds is 5. The second-order valence-electron chi connectivity index (χ2n) is 6.59. The van der Waals surface area contributed by atoms with Crippen molar-refractivity contribution in [2.75, 3.05) is 36.4 Å². The molecule has 150 valence electrons. The minimum atomic E-state index is -0.276. The number of amides is 1. The van der Waals surface area contributed by atoms with Crippen LogP contribution in [0.5, 0.6) is 0 Å². The first-order valence-corrected chi connectivity index (χ1v) is 10.2. The molecule has 3 heterocycles. The number of thiazole rings is 1. The molecule has 1 aliphatic rings. The highest BCUT2D eigenvalue weighted by atomic mass is 32.1. The van der Waals surface area contributed by atoms with E-state index in [4.69, 9.17) is 10.2 Å². The molecule has 0 saturated carbocycles. The summed E-state index contributed by atoms with van der Waals surface area (Å²) < 4.78 is 5.09. The minimum absolute atomic E-state index is 0.276. The fourth-order valence-electron chi connectivity index (χ4n) is 3.07. The maximum atomic E-state index is 12.0. The lowest BCUT2D eigenvalue weighted by Crippen LogP contribution is -2.51. The van der Waals surface area contributed by atoms with E-state index < -0.39 is 0 Å². The van der Waals surface area contributed by atoms with Gasteiger partial charge in [-0.3, -0.25) is 4.79 Å². The number of hydrogen-bond acceptors (Lipinski definition) is 6. The smallest absolute Gasteiger partial charge is 0.291 e. The normalized spacial score (nSPS) is 14.8. The Bertz CT molecular complexity index is 946. The molecule has 0 spiro atoms. The van der Waals surface area contributed by atoms with Crippen LogP contribution in [0.15, 0.2) is 63.6 Å². The first kappa shape index (κ1) is 19.0. The van der Waals surface area contributed by atoms with E-state index in [9.17, 15) is 4.79 Å². The van der Waals surface area contributed by atoms with Crippen molar-refractivity contribution in [1.82, 2.24) is 9.88 Å². The number of nitrogens with zero attached hydrogens (tertiary/aromatic N) is 4. The number of piperazine rings is 1. The summed E-state index contributed by atoms with van der Waals surface area (Å²) in [5.74, 6) is 0.558. The molecule has 2 aromatic heterocycles. The highest BCUT2D eigenvalue weighted by Gasteiger charge is 2.19. The number of carbonyl (C=O) groups is 1. The van der Waals surface area contributed by atoms with Gasteiger partial charge in [0, 0.05) is 43.4 Å². The largest absolute Gasteiger partial charge is 0.459 e. The van der Waals surface area contributed by atoms with Crippen molar-refractivity contribution in [3.63, 3.8) is 0 Å². The third-order valence-electron chi connectivity index (χ3n) is 4.67. The number of carbonyl (C=O) groups excluding carboxylic acids is 1. The van der Waals surface area contributed by atoms with Gasteiger partial charge in [0.15, 0.2) is 16.9 Å². The highest BCUT2D eigenvalue weighted by Crippen LogP contribution is 2.19. The van der Waals surface area contributed by atoms with Gasteiger partial charge < -0.3 is 25.3 Å². The van der Waals surface area contributed by atoms with Crippen LogP contribution >= 0.6 is 11.3 Å². The van der Waals surface area contributed by atoms with Crippen molar-refractivity contribution < 1.29 is 9.21 Å². The van der Waals surface area contributed by atoms with E-state index in [0.717, 1.165) is 36.9 Å². The van der Waals surface area contributed by atoms with Gasteiger partial charge in [0.2, 0.25) is 0 Å². The molecule has 29 heavy (non-hydrogen) atoms. The third-order valence-corrected chi connectivity index (χ3v) is 5.51. The fraction of sp³-hybridized carbons (Fsp3) is 0.250. The van der Waals surface area contributed by atoms with Crippen molar-refractivity contribution in [2.24, 2.45) is 10.7 Å². The molecule has 4 rings (SSSR count). The van der Waals surface area contributed by atoms with Crippen LogP contribution in [0.3, 0.4) is 0 Å². The standard InChI is InChI=1S/C20H22N6O2S/c21-19(25-8-10-26(11-9-25)20-22-7-13-29-20)23-14-15-3-5-16(6-4-15)24-18(27)17-2-1-12-28-17/h1-7,12-13H,8-11,14H2,(H2,21,23)(H,24,27). The molecule has 1 fully saturated rings. The summed E-state index contributed by atoms with van der Waals surface area (Å²) in [4.78, 5) is 25.2. The van der Waals surface area contributed by atoms with Crippen LogP contribution in [0.25, 0.3) is 0 Å². The van der Waals surface area contributed by atoms with Crippen LogP contribution < -0.4 is 16.0 Å². The molecule has 1 saturated heterocycles. The Morgan fingerprint density at radius 3 is 2.66 bits per heavy atom. The van der Waals surface area contributed by atoms with Gasteiger partial charge in [0.05, 0.1) is 12.8 Å². The highest BCUT2D eigenvalue weighted by molar-refractivity contribution is 7.13. The van der Waals surface area contributed by atoms with Crippen LogP contribution in [-0.2, 0) is 6.54 Å². The predicted molar refractivity (Wildman–Crippen MR) is 114 cm³/mol. The third kappa shape index (κ3) is 4.75. The lowest BCUT2D eigenvalue weighted by Gasteiger charge is -2.35. The molecular formula is C20H22N6O2S. The van der Waals surface area contributed by atoms with Crippen molar-refractivity contribution in [2.45, 2.75) is 6.54 Å². The van der Waals surface area contributed by atoms with E-state index >= 15 is 0 Å². The van der Waals surface area contributed by atoms with E-state index in [1.54, 1.807) is 23.5 Å². The average Bonchev–Trinajstić information content (AvgIpc) is 3.47. The molecule has 8 nitrogen and oxygen atoms in total. The number of nitrogens with one attached hydrogen (secondary N) is 1. The molecule has 0 radical (unpaired) electrons. The molecule has 1 aliphatic heterocycles. The van der Waals surface area contributed by atoms with Crippen LogP contribution in [0.1, 0.15) is 16.1 Å². The molecule has 3 N–H and O–H groups in total. The molecule has 3 aromatic rings. The van der Waals surface area contributed by atoms with Crippen LogP contribution in [0.4, 0.5) is 10.8 Å². The molecule has 9 heteroatoms. The second kappa shape index (κ2) is 8.78. The molecule has 1 amide bonds. The maximum Gasteiger partial charge on any atom is 0.291 e. The summed E-state index contributed by atoms with van der Waals surface area (Å²) in [6, 6.07) is 10.8. The number of aliphatic imine (C=N–C) groups is 1. The van der Waals surface area contributed by atoms with Gasteiger partial charge in [-0.2, -0.15) is 0 Å². The first-order chi connectivity index (χ1) is 14.2. The van der Waals surface area contributed by atoms with Gasteiger partial charge in [-0.15, -0.1) is 11.3 Å². The van der Waals surface area contributed by atoms with Crippen molar-refractivity contribution >= 4 is 34.0 Å². The Hall–Kier alpha value is -3.33. The number of nitrogens with two attached hydrogens (primary N) is 1. The zero-order chi connectivity index (χ0) is 20.1. The molecule has 0 aliphatic carbocycles. The average molecular weight is 411 g/mol. The zero-order valence-electron chi connectivity index (χ0n) is 15.8. The van der Waals surface area contributed by atoms with Crippen LogP contribution in [-0.4, -0.2) is 47.9 Å². The molecule has 0 atom stereocenters. The quantitative estimate of drug-likeness (QED) is 0.495. The Kier molecular flexibility index (Phi) is 5.76. The SMILES string of the molecule is NC(=NCc1ccc(NC(=O)c2ccco2)cc1)N1CCN(c2nccs2)CC1. The maximum absolute atomic E-state index is 12.0.